The Morgan fingerprint density at radius 3 is 2.94 bits per heavy atom. The van der Waals surface area contributed by atoms with Gasteiger partial charge >= 0.3 is 0 Å². The van der Waals surface area contributed by atoms with Gasteiger partial charge in [0, 0.05) is 23.1 Å². The summed E-state index contributed by atoms with van der Waals surface area (Å²) in [5.74, 6) is 0.851. The minimum absolute atomic E-state index is 0.0272. The van der Waals surface area contributed by atoms with E-state index in [0.29, 0.717) is 6.54 Å². The van der Waals surface area contributed by atoms with E-state index in [1.807, 2.05) is 24.4 Å². The normalized spacial score (nSPS) is 12.9. The van der Waals surface area contributed by atoms with Crippen molar-refractivity contribution >= 4 is 10.9 Å². The first-order chi connectivity index (χ1) is 8.26. The fourth-order valence-corrected chi connectivity index (χ4v) is 2.05. The van der Waals surface area contributed by atoms with Crippen LogP contribution in [0.25, 0.3) is 10.9 Å². The predicted molar refractivity (Wildman–Crippen MR) is 70.1 cm³/mol. The number of methoxy groups -OCH3 is 1. The molecule has 0 amide bonds. The molecule has 0 aliphatic rings. The smallest absolute Gasteiger partial charge is 0.119 e. The molecule has 1 heterocycles. The van der Waals surface area contributed by atoms with Gasteiger partial charge in [-0.2, -0.15) is 0 Å². The van der Waals surface area contributed by atoms with Crippen LogP contribution >= 0.6 is 0 Å². The van der Waals surface area contributed by atoms with Crippen molar-refractivity contribution in [1.29, 1.82) is 0 Å². The molecule has 0 fully saturated rings. The van der Waals surface area contributed by atoms with Crippen molar-refractivity contribution in [2.45, 2.75) is 18.9 Å². The number of nitrogens with two attached hydrogens (primary N) is 2. The second kappa shape index (κ2) is 5.21. The van der Waals surface area contributed by atoms with E-state index in [4.69, 9.17) is 16.2 Å². The van der Waals surface area contributed by atoms with Crippen molar-refractivity contribution in [3.8, 4) is 5.75 Å². The highest BCUT2D eigenvalue weighted by Gasteiger charge is 2.11. The highest BCUT2D eigenvalue weighted by atomic mass is 16.5. The summed E-state index contributed by atoms with van der Waals surface area (Å²) in [7, 11) is 1.67. The third-order valence-corrected chi connectivity index (χ3v) is 3.04. The predicted octanol–water partition coefficient (Wildman–Crippen LogP) is 1.92. The van der Waals surface area contributed by atoms with Crippen molar-refractivity contribution in [3.63, 3.8) is 0 Å². The second-order valence-electron chi connectivity index (χ2n) is 4.19. The average Bonchev–Trinajstić information content (AvgIpc) is 2.78. The van der Waals surface area contributed by atoms with Gasteiger partial charge in [-0.3, -0.25) is 0 Å². The van der Waals surface area contributed by atoms with Crippen LogP contribution in [-0.2, 0) is 0 Å². The van der Waals surface area contributed by atoms with Gasteiger partial charge in [-0.25, -0.2) is 0 Å². The number of hydrogen-bond acceptors (Lipinski definition) is 3. The summed E-state index contributed by atoms with van der Waals surface area (Å²) in [6.45, 7) is 0.680. The first-order valence-electron chi connectivity index (χ1n) is 5.87. The molecular weight excluding hydrogens is 214 g/mol. The number of H-pyrrole nitrogens is 1. The fourth-order valence-electron chi connectivity index (χ4n) is 2.05. The topological polar surface area (TPSA) is 77.1 Å². The van der Waals surface area contributed by atoms with Gasteiger partial charge < -0.3 is 21.2 Å². The van der Waals surface area contributed by atoms with Crippen molar-refractivity contribution < 1.29 is 4.74 Å². The largest absolute Gasteiger partial charge is 0.497 e. The highest BCUT2D eigenvalue weighted by molar-refractivity contribution is 5.85. The van der Waals surface area contributed by atoms with Crippen LogP contribution < -0.4 is 16.2 Å². The molecule has 0 spiro atoms. The van der Waals surface area contributed by atoms with E-state index in [0.717, 1.165) is 35.1 Å². The molecule has 0 aliphatic heterocycles. The zero-order valence-corrected chi connectivity index (χ0v) is 10.1. The van der Waals surface area contributed by atoms with E-state index in [9.17, 15) is 0 Å². The summed E-state index contributed by atoms with van der Waals surface area (Å²) in [4.78, 5) is 3.23. The number of aromatic amines is 1. The van der Waals surface area contributed by atoms with Gasteiger partial charge in [0.2, 0.25) is 0 Å². The second-order valence-corrected chi connectivity index (χ2v) is 4.19. The number of benzene rings is 1. The standard InChI is InChI=1S/C13H19N3O/c1-17-9-4-5-13-10(7-9)11(8-16-13)12(15)3-2-6-14/h4-5,7-8,12,16H,2-3,6,14-15H2,1H3/t12-/m1/s1. The Hall–Kier alpha value is -1.52. The molecule has 17 heavy (non-hydrogen) atoms. The van der Waals surface area contributed by atoms with Crippen LogP contribution in [0.1, 0.15) is 24.4 Å². The van der Waals surface area contributed by atoms with Crippen molar-refractivity contribution in [2.24, 2.45) is 11.5 Å². The number of ether oxygens (including phenoxy) is 1. The minimum atomic E-state index is 0.0272. The van der Waals surface area contributed by atoms with Gasteiger partial charge in [-0.1, -0.05) is 0 Å². The lowest BCUT2D eigenvalue weighted by atomic mass is 10.0. The van der Waals surface area contributed by atoms with Gasteiger partial charge in [-0.15, -0.1) is 0 Å². The van der Waals surface area contributed by atoms with E-state index in [1.165, 1.54) is 0 Å². The molecule has 0 radical (unpaired) electrons. The zero-order valence-electron chi connectivity index (χ0n) is 10.1. The number of nitrogens with one attached hydrogen (secondary N) is 1. The molecule has 2 aromatic rings. The Bertz CT molecular complexity index is 492. The molecule has 0 unspecified atom stereocenters. The van der Waals surface area contributed by atoms with Gasteiger partial charge in [-0.05, 0) is 43.1 Å². The molecule has 92 valence electrons. The summed E-state index contributed by atoms with van der Waals surface area (Å²) >= 11 is 0. The van der Waals surface area contributed by atoms with Gasteiger partial charge in [0.25, 0.3) is 0 Å². The molecule has 0 saturated carbocycles. The summed E-state index contributed by atoms with van der Waals surface area (Å²) < 4.78 is 5.23. The lowest BCUT2D eigenvalue weighted by Crippen LogP contribution is -2.12. The number of rotatable bonds is 5. The fraction of sp³-hybridized carbons (Fsp3) is 0.385. The third-order valence-electron chi connectivity index (χ3n) is 3.04. The average molecular weight is 233 g/mol. The van der Waals surface area contributed by atoms with E-state index >= 15 is 0 Å². The lowest BCUT2D eigenvalue weighted by molar-refractivity contribution is 0.415. The van der Waals surface area contributed by atoms with E-state index in [1.54, 1.807) is 7.11 Å². The van der Waals surface area contributed by atoms with Crippen molar-refractivity contribution in [2.75, 3.05) is 13.7 Å². The Morgan fingerprint density at radius 1 is 1.41 bits per heavy atom. The molecule has 0 bridgehead atoms. The maximum Gasteiger partial charge on any atom is 0.119 e. The number of hydrogen-bond donors (Lipinski definition) is 3. The van der Waals surface area contributed by atoms with Crippen LogP contribution in [0.5, 0.6) is 5.75 Å². The lowest BCUT2D eigenvalue weighted by Gasteiger charge is -2.10. The molecule has 1 atom stereocenters. The van der Waals surface area contributed by atoms with Crippen LogP contribution in [0.4, 0.5) is 0 Å². The van der Waals surface area contributed by atoms with Crippen molar-refractivity contribution in [3.05, 3.63) is 30.0 Å². The summed E-state index contributed by atoms with van der Waals surface area (Å²) in [6.07, 6.45) is 3.82. The molecule has 1 aromatic heterocycles. The molecule has 1 aromatic carbocycles. The Labute approximate surface area is 101 Å². The molecule has 5 N–H and O–H groups in total. The molecule has 4 heteroatoms. The quantitative estimate of drug-likeness (QED) is 0.738. The molecule has 4 nitrogen and oxygen atoms in total. The maximum absolute atomic E-state index is 6.17. The summed E-state index contributed by atoms with van der Waals surface area (Å²) in [5, 5.41) is 1.13. The molecular formula is C13H19N3O. The van der Waals surface area contributed by atoms with Crippen LogP contribution in [0.2, 0.25) is 0 Å². The van der Waals surface area contributed by atoms with Crippen LogP contribution in [0.3, 0.4) is 0 Å². The van der Waals surface area contributed by atoms with Gasteiger partial charge in [0.15, 0.2) is 0 Å². The van der Waals surface area contributed by atoms with Crippen LogP contribution in [0.15, 0.2) is 24.4 Å². The van der Waals surface area contributed by atoms with E-state index in [-0.39, 0.29) is 6.04 Å². The maximum atomic E-state index is 6.17. The number of fused-ring (bicyclic) bond motifs is 1. The van der Waals surface area contributed by atoms with Gasteiger partial charge in [0.1, 0.15) is 5.75 Å². The molecule has 0 saturated heterocycles. The Kier molecular flexibility index (Phi) is 3.66. The Morgan fingerprint density at radius 2 is 2.24 bits per heavy atom. The van der Waals surface area contributed by atoms with Crippen LogP contribution in [0, 0.1) is 0 Å². The SMILES string of the molecule is COc1ccc2[nH]cc([C@H](N)CCCN)c2c1. The minimum Gasteiger partial charge on any atom is -0.497 e. The van der Waals surface area contributed by atoms with Crippen LogP contribution in [-0.4, -0.2) is 18.6 Å². The Balaban J connectivity index is 2.33. The highest BCUT2D eigenvalue weighted by Crippen LogP contribution is 2.28. The number of aromatic nitrogens is 1. The van der Waals surface area contributed by atoms with E-state index in [2.05, 4.69) is 4.98 Å². The molecule has 2 rings (SSSR count). The third kappa shape index (κ3) is 2.43. The van der Waals surface area contributed by atoms with E-state index < -0.39 is 0 Å². The summed E-state index contributed by atoms with van der Waals surface area (Å²) in [5.41, 5.74) is 13.9. The van der Waals surface area contributed by atoms with Gasteiger partial charge in [0.05, 0.1) is 7.11 Å². The molecule has 0 aliphatic carbocycles. The summed E-state index contributed by atoms with van der Waals surface area (Å²) in [6, 6.07) is 5.99. The van der Waals surface area contributed by atoms with Crippen molar-refractivity contribution in [1.82, 2.24) is 4.98 Å². The zero-order chi connectivity index (χ0) is 12.3. The first-order valence-corrected chi connectivity index (χ1v) is 5.87. The first kappa shape index (κ1) is 12.0. The monoisotopic (exact) mass is 233 g/mol.